The van der Waals surface area contributed by atoms with Crippen LogP contribution in [0.2, 0.25) is 0 Å². The van der Waals surface area contributed by atoms with Gasteiger partial charge in [0.2, 0.25) is 0 Å². The number of pyridine rings is 1. The van der Waals surface area contributed by atoms with E-state index in [1.54, 1.807) is 12.4 Å². The monoisotopic (exact) mass is 234 g/mol. The largest absolute Gasteiger partial charge is 0.260 e. The van der Waals surface area contributed by atoms with E-state index in [0.717, 1.165) is 17.8 Å². The lowest BCUT2D eigenvalue weighted by Gasteiger charge is -2.04. The molecule has 3 nitrogen and oxygen atoms in total. The van der Waals surface area contributed by atoms with E-state index < -0.39 is 0 Å². The fourth-order valence-electron chi connectivity index (χ4n) is 1.85. The summed E-state index contributed by atoms with van der Waals surface area (Å²) in [5.41, 5.74) is 3.36. The van der Waals surface area contributed by atoms with Crippen LogP contribution < -0.4 is 0 Å². The van der Waals surface area contributed by atoms with Crippen LogP contribution in [0.25, 0.3) is 5.69 Å². The zero-order valence-corrected chi connectivity index (χ0v) is 9.82. The van der Waals surface area contributed by atoms with Gasteiger partial charge >= 0.3 is 0 Å². The van der Waals surface area contributed by atoms with Crippen molar-refractivity contribution in [1.82, 2.24) is 14.8 Å². The Balaban J connectivity index is 1.80. The molecular formula is C15H12N3. The minimum Gasteiger partial charge on any atom is -0.260 e. The normalized spacial score (nSPS) is 10.4. The number of hydrogen-bond acceptors (Lipinski definition) is 2. The van der Waals surface area contributed by atoms with E-state index in [1.165, 1.54) is 5.56 Å². The molecule has 0 fully saturated rings. The fraction of sp³-hybridized carbons (Fsp3) is 0.0667. The first-order chi connectivity index (χ1) is 8.92. The van der Waals surface area contributed by atoms with Gasteiger partial charge in [0.1, 0.15) is 0 Å². The molecule has 18 heavy (non-hydrogen) atoms. The summed E-state index contributed by atoms with van der Waals surface area (Å²) in [7, 11) is 0. The molecule has 0 aliphatic heterocycles. The highest BCUT2D eigenvalue weighted by atomic mass is 15.3. The molecule has 0 unspecified atom stereocenters. The highest BCUT2D eigenvalue weighted by molar-refractivity contribution is 5.35. The van der Waals surface area contributed by atoms with E-state index in [2.05, 4.69) is 40.4 Å². The van der Waals surface area contributed by atoms with Crippen LogP contribution in [0.5, 0.6) is 0 Å². The maximum Gasteiger partial charge on any atom is 0.0645 e. The molecule has 3 rings (SSSR count). The zero-order valence-electron chi connectivity index (χ0n) is 9.82. The van der Waals surface area contributed by atoms with Crippen molar-refractivity contribution in [2.24, 2.45) is 0 Å². The second kappa shape index (κ2) is 4.84. The number of nitrogens with zero attached hydrogens (tertiary/aromatic N) is 3. The summed E-state index contributed by atoms with van der Waals surface area (Å²) < 4.78 is 1.85. The minimum atomic E-state index is 0.841. The third-order valence-electron chi connectivity index (χ3n) is 2.77. The van der Waals surface area contributed by atoms with Crippen molar-refractivity contribution < 1.29 is 0 Å². The van der Waals surface area contributed by atoms with Crippen LogP contribution in [0.15, 0.2) is 61.1 Å². The zero-order chi connectivity index (χ0) is 12.2. The molecule has 0 saturated heterocycles. The van der Waals surface area contributed by atoms with Gasteiger partial charge in [-0.15, -0.1) is 0 Å². The second-order valence-corrected chi connectivity index (χ2v) is 4.04. The lowest BCUT2D eigenvalue weighted by Crippen LogP contribution is -1.95. The third kappa shape index (κ3) is 2.30. The van der Waals surface area contributed by atoms with Gasteiger partial charge < -0.3 is 0 Å². The van der Waals surface area contributed by atoms with Crippen molar-refractivity contribution >= 4 is 0 Å². The molecule has 1 radical (unpaired) electrons. The average Bonchev–Trinajstić information content (AvgIpc) is 2.95. The van der Waals surface area contributed by atoms with Gasteiger partial charge in [-0.1, -0.05) is 18.2 Å². The summed E-state index contributed by atoms with van der Waals surface area (Å²) in [6, 6.07) is 17.1. The third-order valence-corrected chi connectivity index (χ3v) is 2.77. The lowest BCUT2D eigenvalue weighted by molar-refractivity contribution is 0.879. The predicted molar refractivity (Wildman–Crippen MR) is 69.4 cm³/mol. The van der Waals surface area contributed by atoms with E-state index >= 15 is 0 Å². The van der Waals surface area contributed by atoms with Gasteiger partial charge in [-0.05, 0) is 29.8 Å². The maximum absolute atomic E-state index is 4.27. The number of rotatable bonds is 3. The molecule has 0 spiro atoms. The molecule has 3 aromatic rings. The Morgan fingerprint density at radius 3 is 2.67 bits per heavy atom. The van der Waals surface area contributed by atoms with Crippen LogP contribution in [-0.4, -0.2) is 14.8 Å². The Bertz CT molecular complexity index is 598. The number of hydrogen-bond donors (Lipinski definition) is 0. The lowest BCUT2D eigenvalue weighted by atomic mass is 10.1. The van der Waals surface area contributed by atoms with Gasteiger partial charge in [0, 0.05) is 36.8 Å². The van der Waals surface area contributed by atoms with Gasteiger partial charge in [-0.3, -0.25) is 4.98 Å². The average molecular weight is 234 g/mol. The fourth-order valence-corrected chi connectivity index (χ4v) is 1.85. The van der Waals surface area contributed by atoms with Gasteiger partial charge in [-0.2, -0.15) is 5.10 Å². The molecule has 1 aromatic carbocycles. The molecule has 3 heteroatoms. The van der Waals surface area contributed by atoms with E-state index in [-0.39, 0.29) is 0 Å². The topological polar surface area (TPSA) is 30.7 Å². The summed E-state index contributed by atoms with van der Waals surface area (Å²) in [6.07, 6.45) is 6.25. The first kappa shape index (κ1) is 10.7. The molecule has 2 heterocycles. The standard InChI is InChI=1S/C15H12N3/c1-2-9-16-14(4-1)12-13-5-7-15(8-6-13)18-11-3-10-17-18/h1,3-11H,12H2. The smallest absolute Gasteiger partial charge is 0.0645 e. The second-order valence-electron chi connectivity index (χ2n) is 4.04. The quantitative estimate of drug-likeness (QED) is 0.697. The molecule has 87 valence electrons. The van der Waals surface area contributed by atoms with Gasteiger partial charge in [-0.25, -0.2) is 4.68 Å². The van der Waals surface area contributed by atoms with Crippen molar-refractivity contribution in [3.63, 3.8) is 0 Å². The Morgan fingerprint density at radius 2 is 2.00 bits per heavy atom. The van der Waals surface area contributed by atoms with Crippen LogP contribution in [0.4, 0.5) is 0 Å². The summed E-state index contributed by atoms with van der Waals surface area (Å²) in [6.45, 7) is 0. The Hall–Kier alpha value is -2.42. The Labute approximate surface area is 106 Å². The molecule has 0 amide bonds. The van der Waals surface area contributed by atoms with E-state index in [9.17, 15) is 0 Å². The maximum atomic E-state index is 4.27. The van der Waals surface area contributed by atoms with Crippen LogP contribution in [0.1, 0.15) is 11.3 Å². The summed E-state index contributed by atoms with van der Waals surface area (Å²) in [4.78, 5) is 4.27. The first-order valence-corrected chi connectivity index (χ1v) is 5.82. The summed E-state index contributed by atoms with van der Waals surface area (Å²) in [5.74, 6) is 0. The van der Waals surface area contributed by atoms with Crippen molar-refractivity contribution in [3.8, 4) is 5.69 Å². The van der Waals surface area contributed by atoms with Crippen molar-refractivity contribution in [2.45, 2.75) is 6.42 Å². The van der Waals surface area contributed by atoms with Crippen molar-refractivity contribution in [3.05, 3.63) is 78.4 Å². The Morgan fingerprint density at radius 1 is 1.11 bits per heavy atom. The van der Waals surface area contributed by atoms with Crippen LogP contribution in [0, 0.1) is 6.07 Å². The molecule has 0 bridgehead atoms. The molecule has 0 saturated carbocycles. The predicted octanol–water partition coefficient (Wildman–Crippen LogP) is 2.66. The van der Waals surface area contributed by atoms with Gasteiger partial charge in [0.05, 0.1) is 5.69 Å². The summed E-state index contributed by atoms with van der Waals surface area (Å²) >= 11 is 0. The summed E-state index contributed by atoms with van der Waals surface area (Å²) in [5, 5.41) is 4.20. The van der Waals surface area contributed by atoms with E-state index in [0.29, 0.717) is 0 Å². The molecule has 0 aliphatic carbocycles. The van der Waals surface area contributed by atoms with Gasteiger partial charge in [0.15, 0.2) is 0 Å². The highest BCUT2D eigenvalue weighted by Crippen LogP contribution is 2.11. The first-order valence-electron chi connectivity index (χ1n) is 5.82. The molecule has 0 atom stereocenters. The molecule has 0 N–H and O–H groups in total. The van der Waals surface area contributed by atoms with Crippen LogP contribution in [0.3, 0.4) is 0 Å². The molecule has 2 aromatic heterocycles. The van der Waals surface area contributed by atoms with Gasteiger partial charge in [0.25, 0.3) is 0 Å². The van der Waals surface area contributed by atoms with Crippen LogP contribution >= 0.6 is 0 Å². The Kier molecular flexibility index (Phi) is 2.88. The SMILES string of the molecule is [c]1ccc(Cc2ccc(-n3cccn3)cc2)nc1. The minimum absolute atomic E-state index is 0.841. The highest BCUT2D eigenvalue weighted by Gasteiger charge is 1.99. The van der Waals surface area contributed by atoms with Crippen LogP contribution in [-0.2, 0) is 6.42 Å². The molecule has 0 aliphatic rings. The molecular weight excluding hydrogens is 222 g/mol. The number of benzene rings is 1. The number of aromatic nitrogens is 3. The van der Waals surface area contributed by atoms with Crippen molar-refractivity contribution in [2.75, 3.05) is 0 Å². The van der Waals surface area contributed by atoms with Crippen molar-refractivity contribution in [1.29, 1.82) is 0 Å². The van der Waals surface area contributed by atoms with E-state index in [4.69, 9.17) is 0 Å². The van der Waals surface area contributed by atoms with E-state index in [1.807, 2.05) is 29.1 Å².